The smallest absolute Gasteiger partial charge is 0.279 e. The summed E-state index contributed by atoms with van der Waals surface area (Å²) in [5, 5.41) is 21.2. The quantitative estimate of drug-likeness (QED) is 0.503. The molecule has 0 unspecified atom stereocenters. The summed E-state index contributed by atoms with van der Waals surface area (Å²) in [5.41, 5.74) is 2.88. The molecule has 1 aliphatic heterocycles. The number of phenols is 1. The Morgan fingerprint density at radius 2 is 2.00 bits per heavy atom. The maximum absolute atomic E-state index is 12.4. The first-order valence-electron chi connectivity index (χ1n) is 7.83. The number of aromatic nitrogens is 1. The van der Waals surface area contributed by atoms with E-state index in [-0.39, 0.29) is 31.6 Å². The number of hydrogen-bond acceptors (Lipinski definition) is 6. The van der Waals surface area contributed by atoms with Gasteiger partial charge >= 0.3 is 0 Å². The van der Waals surface area contributed by atoms with Gasteiger partial charge in [0.25, 0.3) is 11.8 Å². The summed E-state index contributed by atoms with van der Waals surface area (Å²) in [6.45, 7) is 0. The van der Waals surface area contributed by atoms with Crippen molar-refractivity contribution in [3.8, 4) is 11.6 Å². The molecule has 3 N–H and O–H groups in total. The van der Waals surface area contributed by atoms with Gasteiger partial charge in [0.2, 0.25) is 5.88 Å². The van der Waals surface area contributed by atoms with Crippen LogP contribution in [0.15, 0.2) is 51.9 Å². The minimum Gasteiger partial charge on any atom is -0.508 e. The highest BCUT2D eigenvalue weighted by Crippen LogP contribution is 2.32. The minimum atomic E-state index is -0.581. The predicted octanol–water partition coefficient (Wildman–Crippen LogP) is 2.20. The number of carbonyl (C=O) groups is 2. The van der Waals surface area contributed by atoms with Crippen LogP contribution < -0.4 is 16.0 Å². The fourth-order valence-electron chi connectivity index (χ4n) is 2.75. The summed E-state index contributed by atoms with van der Waals surface area (Å²) in [4.78, 5) is 29.0. The molecule has 10 heteroatoms. The summed E-state index contributed by atoms with van der Waals surface area (Å²) < 4.78 is 1.93. The molecular formula is C18H10BrN3O4S2. The molecule has 2 amide bonds. The van der Waals surface area contributed by atoms with Crippen molar-refractivity contribution in [2.45, 2.75) is 0 Å². The summed E-state index contributed by atoms with van der Waals surface area (Å²) >= 11 is 9.59. The molecule has 7 nitrogen and oxygen atoms in total. The average molecular weight is 476 g/mol. The molecule has 1 aliphatic rings. The van der Waals surface area contributed by atoms with E-state index in [0.717, 1.165) is 20.5 Å². The largest absolute Gasteiger partial charge is 0.508 e. The average Bonchev–Trinajstić information content (AvgIpc) is 3.11. The van der Waals surface area contributed by atoms with Gasteiger partial charge in [-0.3, -0.25) is 15.0 Å². The van der Waals surface area contributed by atoms with E-state index in [9.17, 15) is 19.8 Å². The molecule has 0 bridgehead atoms. The van der Waals surface area contributed by atoms with Crippen molar-refractivity contribution in [2.75, 3.05) is 5.43 Å². The monoisotopic (exact) mass is 475 g/mol. The zero-order chi connectivity index (χ0) is 20.0. The molecule has 0 saturated carbocycles. The normalized spacial score (nSPS) is 12.6. The first kappa shape index (κ1) is 18.5. The van der Waals surface area contributed by atoms with E-state index in [2.05, 4.69) is 26.3 Å². The number of nitrogens with one attached hydrogen (secondary N) is 1. The van der Waals surface area contributed by atoms with Gasteiger partial charge in [0.1, 0.15) is 10.6 Å². The SMILES string of the molecule is O=C1N=c2ccc(Br)cc2=C1c1sc(=S)n(NC(=O)c2cccc(O)c2)c1O. The molecule has 28 heavy (non-hydrogen) atoms. The molecule has 2 aromatic carbocycles. The Bertz CT molecular complexity index is 1340. The van der Waals surface area contributed by atoms with Crippen LogP contribution in [0.25, 0.3) is 5.57 Å². The highest BCUT2D eigenvalue weighted by Gasteiger charge is 2.26. The lowest BCUT2D eigenvalue weighted by Crippen LogP contribution is -2.23. The number of aromatic hydroxyl groups is 2. The van der Waals surface area contributed by atoms with Gasteiger partial charge in [0.05, 0.1) is 10.9 Å². The Morgan fingerprint density at radius 1 is 1.21 bits per heavy atom. The molecule has 2 heterocycles. The molecule has 0 saturated heterocycles. The minimum absolute atomic E-state index is 0.0672. The van der Waals surface area contributed by atoms with Gasteiger partial charge in [-0.05, 0) is 48.6 Å². The number of rotatable bonds is 3. The Morgan fingerprint density at radius 3 is 2.75 bits per heavy atom. The highest BCUT2D eigenvalue weighted by atomic mass is 79.9. The van der Waals surface area contributed by atoms with Crippen molar-refractivity contribution in [3.63, 3.8) is 0 Å². The van der Waals surface area contributed by atoms with Crippen molar-refractivity contribution >= 4 is 56.9 Å². The van der Waals surface area contributed by atoms with Crippen molar-refractivity contribution in [2.24, 2.45) is 4.99 Å². The number of phenolic OH excluding ortho intramolecular Hbond substituents is 1. The van der Waals surface area contributed by atoms with Crippen LogP contribution in [0.1, 0.15) is 15.2 Å². The second kappa shape index (κ2) is 6.97. The van der Waals surface area contributed by atoms with Gasteiger partial charge in [0.15, 0.2) is 3.95 Å². The number of carbonyl (C=O) groups excluding carboxylic acids is 2. The maximum atomic E-state index is 12.4. The molecule has 0 radical (unpaired) electrons. The number of hydrogen-bond donors (Lipinski definition) is 3. The van der Waals surface area contributed by atoms with E-state index >= 15 is 0 Å². The van der Waals surface area contributed by atoms with E-state index in [0.29, 0.717) is 10.6 Å². The number of fused-ring (bicyclic) bond motifs is 1. The molecule has 3 aromatic rings. The first-order valence-corrected chi connectivity index (χ1v) is 9.85. The third-order valence-electron chi connectivity index (χ3n) is 4.00. The van der Waals surface area contributed by atoms with Crippen LogP contribution in [0.3, 0.4) is 0 Å². The van der Waals surface area contributed by atoms with Crippen molar-refractivity contribution < 1.29 is 19.8 Å². The lowest BCUT2D eigenvalue weighted by molar-refractivity contribution is -0.112. The van der Waals surface area contributed by atoms with Crippen LogP contribution in [-0.4, -0.2) is 26.7 Å². The Labute approximate surface area is 175 Å². The maximum Gasteiger partial charge on any atom is 0.279 e. The van der Waals surface area contributed by atoms with E-state index in [1.165, 1.54) is 24.3 Å². The fourth-order valence-corrected chi connectivity index (χ4v) is 4.37. The molecule has 140 valence electrons. The van der Waals surface area contributed by atoms with E-state index in [1.54, 1.807) is 18.2 Å². The number of nitrogens with zero attached hydrogens (tertiary/aromatic N) is 2. The summed E-state index contributed by atoms with van der Waals surface area (Å²) in [5.74, 6) is -1.51. The van der Waals surface area contributed by atoms with Gasteiger partial charge in [0, 0.05) is 15.3 Å². The van der Waals surface area contributed by atoms with E-state index in [1.807, 2.05) is 0 Å². The van der Waals surface area contributed by atoms with Crippen LogP contribution in [-0.2, 0) is 4.79 Å². The Kier molecular flexibility index (Phi) is 4.61. The first-order chi connectivity index (χ1) is 13.3. The standard InChI is InChI=1S/C18H10BrN3O4S2/c19-9-4-5-12-11(7-9)13(16(25)20-12)14-17(26)22(18(27)28-14)21-15(24)8-2-1-3-10(23)6-8/h1-7,23,26H,(H,21,24). The van der Waals surface area contributed by atoms with Crippen LogP contribution in [0, 0.1) is 3.95 Å². The molecule has 0 atom stereocenters. The van der Waals surface area contributed by atoms with Gasteiger partial charge < -0.3 is 10.2 Å². The van der Waals surface area contributed by atoms with Crippen molar-refractivity contribution in [1.29, 1.82) is 0 Å². The topological polar surface area (TPSA) is 104 Å². The number of halogens is 1. The van der Waals surface area contributed by atoms with Gasteiger partial charge in [-0.1, -0.05) is 33.3 Å². The Hall–Kier alpha value is -2.82. The summed E-state index contributed by atoms with van der Waals surface area (Å²) in [7, 11) is 0. The Balaban J connectivity index is 1.80. The van der Waals surface area contributed by atoms with Crippen LogP contribution in [0.4, 0.5) is 0 Å². The lowest BCUT2D eigenvalue weighted by Gasteiger charge is -2.08. The van der Waals surface area contributed by atoms with Crippen LogP contribution >= 0.6 is 39.5 Å². The summed E-state index contributed by atoms with van der Waals surface area (Å²) in [6.07, 6.45) is 0. The van der Waals surface area contributed by atoms with Crippen molar-refractivity contribution in [3.05, 3.63) is 71.9 Å². The third-order valence-corrected chi connectivity index (χ3v) is 5.87. The number of thiazole rings is 1. The van der Waals surface area contributed by atoms with E-state index < -0.39 is 11.8 Å². The second-order valence-electron chi connectivity index (χ2n) is 5.80. The number of amides is 2. The molecule has 0 aliphatic carbocycles. The molecule has 4 rings (SSSR count). The van der Waals surface area contributed by atoms with Gasteiger partial charge in [-0.15, -0.1) is 0 Å². The second-order valence-corrected chi connectivity index (χ2v) is 8.36. The van der Waals surface area contributed by atoms with E-state index in [4.69, 9.17) is 12.2 Å². The molecule has 0 spiro atoms. The van der Waals surface area contributed by atoms with Gasteiger partial charge in [-0.25, -0.2) is 4.99 Å². The molecular weight excluding hydrogens is 466 g/mol. The van der Waals surface area contributed by atoms with Crippen LogP contribution in [0.5, 0.6) is 11.6 Å². The lowest BCUT2D eigenvalue weighted by atomic mass is 10.1. The number of benzene rings is 2. The highest BCUT2D eigenvalue weighted by molar-refractivity contribution is 9.10. The molecule has 1 aromatic heterocycles. The third kappa shape index (κ3) is 3.15. The summed E-state index contributed by atoms with van der Waals surface area (Å²) in [6, 6.07) is 10.9. The zero-order valence-corrected chi connectivity index (χ0v) is 17.1. The predicted molar refractivity (Wildman–Crippen MR) is 109 cm³/mol. The zero-order valence-electron chi connectivity index (χ0n) is 13.8. The molecule has 0 fully saturated rings. The van der Waals surface area contributed by atoms with Crippen molar-refractivity contribution in [1.82, 2.24) is 4.68 Å². The van der Waals surface area contributed by atoms with Gasteiger partial charge in [-0.2, -0.15) is 4.68 Å². The fraction of sp³-hybridized carbons (Fsp3) is 0. The van der Waals surface area contributed by atoms with Crippen LogP contribution in [0.2, 0.25) is 0 Å².